The molecule has 5 rings (SSSR count). The number of nitrogens with one attached hydrogen (secondary N) is 1. The van der Waals surface area contributed by atoms with E-state index in [0.717, 1.165) is 48.2 Å². The molecule has 2 aliphatic heterocycles. The first-order valence-electron chi connectivity index (χ1n) is 13.2. The molecule has 3 aromatic rings. The van der Waals surface area contributed by atoms with E-state index < -0.39 is 11.6 Å². The number of pyridine rings is 1. The molecule has 1 fully saturated rings. The summed E-state index contributed by atoms with van der Waals surface area (Å²) in [5.74, 6) is -1.16. The van der Waals surface area contributed by atoms with Crippen LogP contribution in [-0.2, 0) is 30.1 Å². The third-order valence-electron chi connectivity index (χ3n) is 7.81. The van der Waals surface area contributed by atoms with Crippen molar-refractivity contribution in [2.24, 2.45) is 7.05 Å². The number of hydrogen-bond acceptors (Lipinski definition) is 5. The summed E-state index contributed by atoms with van der Waals surface area (Å²) in [5.41, 5.74) is 4.74. The van der Waals surface area contributed by atoms with Crippen LogP contribution < -0.4 is 10.2 Å². The third-order valence-corrected chi connectivity index (χ3v) is 7.81. The number of aromatic nitrogens is 3. The van der Waals surface area contributed by atoms with Crippen LogP contribution in [0.1, 0.15) is 49.0 Å². The summed E-state index contributed by atoms with van der Waals surface area (Å²) in [6.45, 7) is 10.8. The van der Waals surface area contributed by atoms with Crippen LogP contribution in [0.15, 0.2) is 36.5 Å². The number of anilines is 1. The minimum atomic E-state index is -0.606. The average molecular weight is 596 g/mol. The van der Waals surface area contributed by atoms with E-state index in [2.05, 4.69) is 47.1 Å². The molecule has 0 spiro atoms. The van der Waals surface area contributed by atoms with E-state index in [1.165, 1.54) is 12.1 Å². The zero-order valence-electron chi connectivity index (χ0n) is 23.6. The summed E-state index contributed by atoms with van der Waals surface area (Å²) >= 11 is 0. The van der Waals surface area contributed by atoms with Gasteiger partial charge in [0.05, 0.1) is 17.9 Å². The lowest BCUT2D eigenvalue weighted by molar-refractivity contribution is -0.120. The van der Waals surface area contributed by atoms with E-state index in [9.17, 15) is 13.6 Å². The molecular formula is C29H38Cl2F2N6O. The number of fused-ring (bicyclic) bond motifs is 1. The van der Waals surface area contributed by atoms with Gasteiger partial charge in [-0.1, -0.05) is 19.9 Å². The highest BCUT2D eigenvalue weighted by molar-refractivity contribution is 5.97. The molecule has 218 valence electrons. The van der Waals surface area contributed by atoms with Crippen LogP contribution >= 0.6 is 24.8 Å². The topological polar surface area (TPSA) is 66.3 Å². The molecule has 1 aromatic carbocycles. The molecule has 2 atom stereocenters. The van der Waals surface area contributed by atoms with E-state index >= 15 is 0 Å². The van der Waals surface area contributed by atoms with Gasteiger partial charge in [-0.2, -0.15) is 5.10 Å². The van der Waals surface area contributed by atoms with Crippen molar-refractivity contribution in [3.8, 4) is 0 Å². The Morgan fingerprint density at radius 1 is 1.18 bits per heavy atom. The van der Waals surface area contributed by atoms with E-state index in [4.69, 9.17) is 0 Å². The molecule has 0 saturated carbocycles. The van der Waals surface area contributed by atoms with Crippen molar-refractivity contribution in [3.05, 3.63) is 76.4 Å². The van der Waals surface area contributed by atoms with Crippen LogP contribution in [0.5, 0.6) is 0 Å². The lowest BCUT2D eigenvalue weighted by atomic mass is 9.88. The summed E-state index contributed by atoms with van der Waals surface area (Å²) in [5, 5.41) is 8.04. The Hall–Kier alpha value is -2.59. The van der Waals surface area contributed by atoms with Gasteiger partial charge in [0.2, 0.25) is 5.91 Å². The van der Waals surface area contributed by atoms with Gasteiger partial charge in [-0.3, -0.25) is 19.4 Å². The number of rotatable bonds is 6. The average Bonchev–Trinajstić information content (AvgIpc) is 3.31. The van der Waals surface area contributed by atoms with Gasteiger partial charge in [-0.05, 0) is 37.6 Å². The fraction of sp³-hybridized carbons (Fsp3) is 0.483. The van der Waals surface area contributed by atoms with Crippen LogP contribution in [0.25, 0.3) is 0 Å². The predicted molar refractivity (Wildman–Crippen MR) is 158 cm³/mol. The highest BCUT2D eigenvalue weighted by Gasteiger charge is 2.40. The second-order valence-corrected chi connectivity index (χ2v) is 11.5. The SMILES string of the molecule is Cc1cc(C[C@H]2CN[C@H](C)CN2CC(=O)N2CC(C)(C)c3cnc(Cc4ccc(F)cc4F)cc32)n(C)n1.Cl.Cl. The second kappa shape index (κ2) is 12.5. The van der Waals surface area contributed by atoms with Crippen LogP contribution in [0.4, 0.5) is 14.5 Å². The maximum Gasteiger partial charge on any atom is 0.241 e. The van der Waals surface area contributed by atoms with Crippen molar-refractivity contribution >= 4 is 36.4 Å². The van der Waals surface area contributed by atoms with Crippen LogP contribution in [0.2, 0.25) is 0 Å². The van der Waals surface area contributed by atoms with Gasteiger partial charge < -0.3 is 10.2 Å². The van der Waals surface area contributed by atoms with Crippen molar-refractivity contribution in [3.63, 3.8) is 0 Å². The lowest BCUT2D eigenvalue weighted by Crippen LogP contribution is -2.58. The number of piperazine rings is 1. The molecule has 1 N–H and O–H groups in total. The van der Waals surface area contributed by atoms with Crippen molar-refractivity contribution in [2.75, 3.05) is 31.1 Å². The normalized spacial score (nSPS) is 20.0. The molecule has 0 radical (unpaired) electrons. The summed E-state index contributed by atoms with van der Waals surface area (Å²) in [4.78, 5) is 22.5. The quantitative estimate of drug-likeness (QED) is 0.459. The van der Waals surface area contributed by atoms with Crippen molar-refractivity contribution in [2.45, 2.75) is 58.0 Å². The summed E-state index contributed by atoms with van der Waals surface area (Å²) in [6, 6.07) is 8.05. The summed E-state index contributed by atoms with van der Waals surface area (Å²) in [7, 11) is 1.96. The highest BCUT2D eigenvalue weighted by atomic mass is 35.5. The standard InChI is InChI=1S/C29H36F2N6O.2ClH/c1-18-8-23(35(5)34-18)12-24-13-32-19(2)15-36(24)16-28(38)37-17-29(3,4)25-14-33-22(11-27(25)37)9-20-6-7-21(30)10-26(20)31;;/h6-8,10-11,14,19,24,32H,9,12-13,15-17H2,1-5H3;2*1H/t19-,24+;;/m1../s1. The predicted octanol–water partition coefficient (Wildman–Crippen LogP) is 4.37. The molecule has 7 nitrogen and oxygen atoms in total. The van der Waals surface area contributed by atoms with Gasteiger partial charge in [0.1, 0.15) is 11.6 Å². The number of hydrogen-bond donors (Lipinski definition) is 1. The first kappa shape index (κ1) is 31.9. The van der Waals surface area contributed by atoms with Crippen molar-refractivity contribution in [1.82, 2.24) is 25.0 Å². The number of nitrogens with zero attached hydrogens (tertiary/aromatic N) is 5. The molecular weight excluding hydrogens is 557 g/mol. The molecule has 0 unspecified atom stereocenters. The van der Waals surface area contributed by atoms with Crippen molar-refractivity contribution in [1.29, 1.82) is 0 Å². The monoisotopic (exact) mass is 594 g/mol. The minimum Gasteiger partial charge on any atom is -0.311 e. The van der Waals surface area contributed by atoms with Gasteiger partial charge in [0, 0.05) is 86.2 Å². The Morgan fingerprint density at radius 2 is 1.93 bits per heavy atom. The van der Waals surface area contributed by atoms with Crippen LogP contribution in [0, 0.1) is 18.6 Å². The van der Waals surface area contributed by atoms with Gasteiger partial charge in [0.15, 0.2) is 0 Å². The number of aryl methyl sites for hydroxylation is 2. The minimum absolute atomic E-state index is 0. The largest absolute Gasteiger partial charge is 0.311 e. The molecule has 40 heavy (non-hydrogen) atoms. The Labute approximate surface area is 247 Å². The number of halogens is 4. The third kappa shape index (κ3) is 6.65. The molecule has 1 saturated heterocycles. The molecule has 4 heterocycles. The first-order chi connectivity index (χ1) is 18.0. The second-order valence-electron chi connectivity index (χ2n) is 11.5. The Bertz CT molecular complexity index is 1360. The zero-order chi connectivity index (χ0) is 27.2. The fourth-order valence-electron chi connectivity index (χ4n) is 5.76. The van der Waals surface area contributed by atoms with E-state index in [0.29, 0.717) is 24.3 Å². The molecule has 11 heteroatoms. The molecule has 2 aliphatic rings. The number of carbonyl (C=O) groups is 1. The van der Waals surface area contributed by atoms with E-state index in [1.807, 2.05) is 29.6 Å². The van der Waals surface area contributed by atoms with Gasteiger partial charge >= 0.3 is 0 Å². The summed E-state index contributed by atoms with van der Waals surface area (Å²) < 4.78 is 29.6. The maximum absolute atomic E-state index is 14.3. The molecule has 1 amide bonds. The number of carbonyl (C=O) groups excluding carboxylic acids is 1. The van der Waals surface area contributed by atoms with Gasteiger partial charge in [-0.15, -0.1) is 24.8 Å². The van der Waals surface area contributed by atoms with Gasteiger partial charge in [0.25, 0.3) is 0 Å². The van der Waals surface area contributed by atoms with Crippen LogP contribution in [0.3, 0.4) is 0 Å². The van der Waals surface area contributed by atoms with E-state index in [1.54, 1.807) is 6.20 Å². The van der Waals surface area contributed by atoms with E-state index in [-0.39, 0.29) is 54.6 Å². The molecule has 0 bridgehead atoms. The fourth-order valence-corrected chi connectivity index (χ4v) is 5.76. The first-order valence-corrected chi connectivity index (χ1v) is 13.2. The Balaban J connectivity index is 0.00000220. The van der Waals surface area contributed by atoms with Gasteiger partial charge in [-0.25, -0.2) is 8.78 Å². The molecule has 2 aromatic heterocycles. The smallest absolute Gasteiger partial charge is 0.241 e. The zero-order valence-corrected chi connectivity index (χ0v) is 25.2. The number of amides is 1. The lowest BCUT2D eigenvalue weighted by Gasteiger charge is -2.39. The van der Waals surface area contributed by atoms with Crippen molar-refractivity contribution < 1.29 is 13.6 Å². The maximum atomic E-state index is 14.3. The molecule has 0 aliphatic carbocycles. The number of benzene rings is 1. The Kier molecular flexibility index (Phi) is 9.99. The highest BCUT2D eigenvalue weighted by Crippen LogP contribution is 2.40. The van der Waals surface area contributed by atoms with Crippen LogP contribution in [-0.4, -0.2) is 63.8 Å². The Morgan fingerprint density at radius 3 is 2.60 bits per heavy atom. The summed E-state index contributed by atoms with van der Waals surface area (Å²) in [6.07, 6.45) is 2.84.